The molecule has 10 heteroatoms. The number of benzene rings is 2. The molecule has 5 aromatic rings. The Hall–Kier alpha value is -3.16. The van der Waals surface area contributed by atoms with Crippen molar-refractivity contribution in [1.29, 1.82) is 0 Å². The quantitative estimate of drug-likeness (QED) is 0.147. The largest absolute Gasteiger partial charge is 0.411 e. The number of hydrogen-bond donors (Lipinski definition) is 1. The van der Waals surface area contributed by atoms with E-state index in [0.717, 1.165) is 76.7 Å². The number of ether oxygens (including phenoxy) is 1. The van der Waals surface area contributed by atoms with Gasteiger partial charge in [0, 0.05) is 36.5 Å². The van der Waals surface area contributed by atoms with Gasteiger partial charge < -0.3 is 18.8 Å². The average Bonchev–Trinajstić information content (AvgIpc) is 3.57. The van der Waals surface area contributed by atoms with Crippen LogP contribution in [0.4, 0.5) is 0 Å². The first-order chi connectivity index (χ1) is 22.9. The highest BCUT2D eigenvalue weighted by molar-refractivity contribution is 6.75. The molecular formula is C39H55N5O3Si2. The van der Waals surface area contributed by atoms with Crippen LogP contribution in [0.5, 0.6) is 0 Å². The molecule has 0 spiro atoms. The number of aromatic nitrogens is 5. The van der Waals surface area contributed by atoms with E-state index in [1.54, 1.807) is 0 Å². The molecule has 0 unspecified atom stereocenters. The van der Waals surface area contributed by atoms with Gasteiger partial charge in [-0.3, -0.25) is 4.98 Å². The molecule has 0 amide bonds. The van der Waals surface area contributed by atoms with Gasteiger partial charge >= 0.3 is 0 Å². The van der Waals surface area contributed by atoms with Gasteiger partial charge in [0.05, 0.1) is 48.6 Å². The SMILES string of the molecule is CC(C)(O)c1ccc2c3ncc(-c4c(CO[Si](C)(C)C(C)(C)C)nnn4C[Si](C)(C)C)cc3n([C@H](c3ccccc3)C3CCOCC3)c2c1. The van der Waals surface area contributed by atoms with Gasteiger partial charge in [-0.1, -0.05) is 88.1 Å². The standard InChI is InChI=1S/C39H55N5O3Si2/c1-38(2,3)49(9,10)47-25-32-37(43(42-41-32)26-48(6,7)8)29-22-34-35(40-24-29)31-17-16-30(39(4,5)45)23-33(31)44(34)36(27-14-12-11-13-15-27)28-18-20-46-21-19-28/h11-17,22-24,28,36,45H,18-21,25-26H2,1-10H3/t36-/m1/s1. The lowest BCUT2D eigenvalue weighted by molar-refractivity contribution is 0.0552. The molecule has 3 aromatic heterocycles. The molecular weight excluding hydrogens is 643 g/mol. The summed E-state index contributed by atoms with van der Waals surface area (Å²) in [4.78, 5) is 5.23. The third kappa shape index (κ3) is 7.35. The second-order valence-electron chi connectivity index (χ2n) is 17.2. The molecule has 49 heavy (non-hydrogen) atoms. The van der Waals surface area contributed by atoms with Crippen LogP contribution >= 0.6 is 0 Å². The van der Waals surface area contributed by atoms with E-state index in [0.29, 0.717) is 12.5 Å². The van der Waals surface area contributed by atoms with Gasteiger partial charge in [0.2, 0.25) is 0 Å². The van der Waals surface area contributed by atoms with Crippen LogP contribution in [-0.4, -0.2) is 59.3 Å². The van der Waals surface area contributed by atoms with Crippen molar-refractivity contribution < 1.29 is 14.3 Å². The van der Waals surface area contributed by atoms with Crippen molar-refractivity contribution in [2.24, 2.45) is 5.92 Å². The minimum Gasteiger partial charge on any atom is -0.411 e. The van der Waals surface area contributed by atoms with Crippen LogP contribution < -0.4 is 0 Å². The number of pyridine rings is 1. The Bertz CT molecular complexity index is 1920. The summed E-state index contributed by atoms with van der Waals surface area (Å²) >= 11 is 0. The molecule has 0 radical (unpaired) electrons. The topological polar surface area (TPSA) is 87.2 Å². The highest BCUT2D eigenvalue weighted by Gasteiger charge is 2.38. The molecule has 8 nitrogen and oxygen atoms in total. The van der Waals surface area contributed by atoms with E-state index in [1.165, 1.54) is 5.56 Å². The molecule has 4 heterocycles. The Morgan fingerprint density at radius 3 is 2.27 bits per heavy atom. The minimum absolute atomic E-state index is 0.0608. The highest BCUT2D eigenvalue weighted by Crippen LogP contribution is 2.43. The summed E-state index contributed by atoms with van der Waals surface area (Å²) < 4.78 is 17.2. The number of nitrogens with zero attached hydrogens (tertiary/aromatic N) is 5. The summed E-state index contributed by atoms with van der Waals surface area (Å²) in [7, 11) is -3.61. The van der Waals surface area contributed by atoms with E-state index in [1.807, 2.05) is 26.1 Å². The van der Waals surface area contributed by atoms with Crippen molar-refractivity contribution in [2.75, 3.05) is 13.2 Å². The lowest BCUT2D eigenvalue weighted by Crippen LogP contribution is -2.40. The third-order valence-corrected chi connectivity index (χ3v) is 16.3. The minimum atomic E-state index is -2.04. The van der Waals surface area contributed by atoms with E-state index < -0.39 is 22.0 Å². The van der Waals surface area contributed by atoms with Gasteiger partial charge in [0.15, 0.2) is 8.32 Å². The zero-order chi connectivity index (χ0) is 35.4. The first-order valence-corrected chi connectivity index (χ1v) is 24.4. The third-order valence-electron chi connectivity index (χ3n) is 10.6. The maximum absolute atomic E-state index is 11.1. The van der Waals surface area contributed by atoms with Gasteiger partial charge in [-0.05, 0) is 74.0 Å². The number of hydrogen-bond acceptors (Lipinski definition) is 6. The van der Waals surface area contributed by atoms with Crippen molar-refractivity contribution in [1.82, 2.24) is 24.5 Å². The van der Waals surface area contributed by atoms with Crippen LogP contribution in [0, 0.1) is 5.92 Å². The Labute approximate surface area is 294 Å². The van der Waals surface area contributed by atoms with Crippen molar-refractivity contribution in [3.63, 3.8) is 0 Å². The van der Waals surface area contributed by atoms with Gasteiger partial charge in [-0.15, -0.1) is 5.10 Å². The molecule has 1 saturated heterocycles. The van der Waals surface area contributed by atoms with Crippen molar-refractivity contribution in [2.45, 2.75) is 110 Å². The zero-order valence-electron chi connectivity index (χ0n) is 31.2. The van der Waals surface area contributed by atoms with Crippen molar-refractivity contribution >= 4 is 38.3 Å². The molecule has 1 N–H and O–H groups in total. The average molecular weight is 698 g/mol. The van der Waals surface area contributed by atoms with E-state index in [2.05, 4.69) is 111 Å². The fourth-order valence-electron chi connectivity index (χ4n) is 6.82. The lowest BCUT2D eigenvalue weighted by Gasteiger charge is -2.36. The summed E-state index contributed by atoms with van der Waals surface area (Å²) in [5.41, 5.74) is 7.11. The second kappa shape index (κ2) is 13.2. The first kappa shape index (κ1) is 35.7. The maximum atomic E-state index is 11.1. The van der Waals surface area contributed by atoms with Gasteiger partial charge in [-0.25, -0.2) is 4.68 Å². The van der Waals surface area contributed by atoms with Crippen LogP contribution in [0.3, 0.4) is 0 Å². The monoisotopic (exact) mass is 697 g/mol. The van der Waals surface area contributed by atoms with Crippen LogP contribution in [0.1, 0.15) is 70.3 Å². The van der Waals surface area contributed by atoms with Crippen molar-refractivity contribution in [3.8, 4) is 11.3 Å². The molecule has 0 bridgehead atoms. The Morgan fingerprint density at radius 2 is 1.63 bits per heavy atom. The van der Waals surface area contributed by atoms with Crippen LogP contribution in [-0.2, 0) is 27.5 Å². The van der Waals surface area contributed by atoms with E-state index >= 15 is 0 Å². The van der Waals surface area contributed by atoms with Crippen LogP contribution in [0.15, 0.2) is 60.8 Å². The molecule has 6 rings (SSSR count). The smallest absolute Gasteiger partial charge is 0.192 e. The predicted octanol–water partition coefficient (Wildman–Crippen LogP) is 9.09. The maximum Gasteiger partial charge on any atom is 0.192 e. The summed E-state index contributed by atoms with van der Waals surface area (Å²) in [5.74, 6) is 0.372. The molecule has 0 saturated carbocycles. The highest BCUT2D eigenvalue weighted by atomic mass is 28.4. The Kier molecular flexibility index (Phi) is 9.60. The molecule has 262 valence electrons. The number of rotatable bonds is 10. The van der Waals surface area contributed by atoms with Crippen LogP contribution in [0.2, 0.25) is 37.8 Å². The molecule has 0 aliphatic carbocycles. The zero-order valence-corrected chi connectivity index (χ0v) is 33.2. The molecule has 2 aromatic carbocycles. The molecule has 1 atom stereocenters. The molecule has 1 fully saturated rings. The number of aliphatic hydroxyl groups is 1. The second-order valence-corrected chi connectivity index (χ2v) is 27.5. The van der Waals surface area contributed by atoms with Crippen molar-refractivity contribution in [3.05, 3.63) is 77.6 Å². The summed E-state index contributed by atoms with van der Waals surface area (Å²) in [6.07, 6.45) is 4.79. The van der Waals surface area contributed by atoms with E-state index in [-0.39, 0.29) is 11.1 Å². The predicted molar refractivity (Wildman–Crippen MR) is 205 cm³/mol. The fraction of sp³-hybridized carbons (Fsp3) is 0.513. The summed E-state index contributed by atoms with van der Waals surface area (Å²) in [5, 5.41) is 21.8. The van der Waals surface area contributed by atoms with Gasteiger partial charge in [0.25, 0.3) is 0 Å². The summed E-state index contributed by atoms with van der Waals surface area (Å²) in [6.45, 7) is 24.1. The van der Waals surface area contributed by atoms with Gasteiger partial charge in [-0.2, -0.15) is 0 Å². The first-order valence-electron chi connectivity index (χ1n) is 17.8. The molecule has 1 aliphatic rings. The summed E-state index contributed by atoms with van der Waals surface area (Å²) in [6, 6.07) is 19.6. The fourth-order valence-corrected chi connectivity index (χ4v) is 8.87. The number of fused-ring (bicyclic) bond motifs is 3. The Morgan fingerprint density at radius 1 is 0.939 bits per heavy atom. The van der Waals surface area contributed by atoms with Gasteiger partial charge in [0.1, 0.15) is 5.69 Å². The Balaban J connectivity index is 1.61. The van der Waals surface area contributed by atoms with E-state index in [4.69, 9.17) is 24.5 Å². The van der Waals surface area contributed by atoms with E-state index in [9.17, 15) is 5.11 Å². The van der Waals surface area contributed by atoms with Crippen LogP contribution in [0.25, 0.3) is 33.2 Å². The lowest BCUT2D eigenvalue weighted by atomic mass is 9.86. The molecule has 1 aliphatic heterocycles. The normalized spacial score (nSPS) is 16.1.